The lowest BCUT2D eigenvalue weighted by Crippen LogP contribution is -2.48. The first kappa shape index (κ1) is 22.9. The second-order valence-electron chi connectivity index (χ2n) is 6.15. The average molecular weight is 442 g/mol. The molecular formula is C16H35IN4O2. The van der Waals surface area contributed by atoms with Crippen LogP contribution in [-0.2, 0) is 4.74 Å². The van der Waals surface area contributed by atoms with Crippen LogP contribution in [0.4, 0.5) is 0 Å². The summed E-state index contributed by atoms with van der Waals surface area (Å²) in [6, 6.07) is 0.467. The number of ether oxygens (including phenoxy) is 1. The zero-order valence-electron chi connectivity index (χ0n) is 15.1. The highest BCUT2D eigenvalue weighted by molar-refractivity contribution is 14.0. The fourth-order valence-corrected chi connectivity index (χ4v) is 3.02. The predicted octanol–water partition coefficient (Wildman–Crippen LogP) is 1.29. The molecule has 1 fully saturated rings. The van der Waals surface area contributed by atoms with Crippen molar-refractivity contribution in [3.63, 3.8) is 0 Å². The fraction of sp³-hybridized carbons (Fsp3) is 0.938. The van der Waals surface area contributed by atoms with Crippen LogP contribution in [-0.4, -0.2) is 75.1 Å². The molecule has 1 aliphatic rings. The molecule has 1 heterocycles. The van der Waals surface area contributed by atoms with E-state index in [1.807, 2.05) is 0 Å². The third-order valence-corrected chi connectivity index (χ3v) is 4.68. The number of guanidine groups is 1. The standard InChI is InChI=1S/C16H34N4O2.HI/c1-5-20(6-2)14(3)11-18-15(17-4)19-12-16(7-9-21)8-10-22-13-16;/h14,21H,5-13H2,1-4H3,(H2,17,18,19);1H. The van der Waals surface area contributed by atoms with E-state index >= 15 is 0 Å². The summed E-state index contributed by atoms with van der Waals surface area (Å²) in [6.07, 6.45) is 1.76. The summed E-state index contributed by atoms with van der Waals surface area (Å²) in [5, 5.41) is 16.1. The summed E-state index contributed by atoms with van der Waals surface area (Å²) in [6.45, 7) is 12.1. The van der Waals surface area contributed by atoms with Crippen LogP contribution in [0, 0.1) is 5.41 Å². The third kappa shape index (κ3) is 7.53. The Labute approximate surface area is 158 Å². The number of nitrogens with zero attached hydrogens (tertiary/aromatic N) is 2. The molecule has 2 unspecified atom stereocenters. The van der Waals surface area contributed by atoms with E-state index in [0.29, 0.717) is 12.6 Å². The van der Waals surface area contributed by atoms with Crippen molar-refractivity contribution in [2.24, 2.45) is 10.4 Å². The first-order valence-electron chi connectivity index (χ1n) is 8.48. The van der Waals surface area contributed by atoms with Gasteiger partial charge in [0.25, 0.3) is 0 Å². The van der Waals surface area contributed by atoms with Gasteiger partial charge in [0, 0.05) is 44.8 Å². The summed E-state index contributed by atoms with van der Waals surface area (Å²) >= 11 is 0. The molecule has 7 heteroatoms. The maximum atomic E-state index is 9.27. The van der Waals surface area contributed by atoms with Gasteiger partial charge in [-0.25, -0.2) is 0 Å². The lowest BCUT2D eigenvalue weighted by molar-refractivity contribution is 0.127. The largest absolute Gasteiger partial charge is 0.396 e. The van der Waals surface area contributed by atoms with Crippen LogP contribution < -0.4 is 10.6 Å². The topological polar surface area (TPSA) is 69.1 Å². The molecule has 0 spiro atoms. The van der Waals surface area contributed by atoms with Crippen LogP contribution in [0.1, 0.15) is 33.6 Å². The monoisotopic (exact) mass is 442 g/mol. The van der Waals surface area contributed by atoms with Gasteiger partial charge in [0.2, 0.25) is 0 Å². The number of aliphatic hydroxyl groups is 1. The molecule has 1 aliphatic heterocycles. The van der Waals surface area contributed by atoms with Gasteiger partial charge >= 0.3 is 0 Å². The second-order valence-corrected chi connectivity index (χ2v) is 6.15. The molecule has 1 rings (SSSR count). The summed E-state index contributed by atoms with van der Waals surface area (Å²) < 4.78 is 5.52. The van der Waals surface area contributed by atoms with Gasteiger partial charge in [-0.05, 0) is 32.9 Å². The van der Waals surface area contributed by atoms with E-state index in [0.717, 1.165) is 51.6 Å². The van der Waals surface area contributed by atoms with Crippen molar-refractivity contribution in [2.75, 3.05) is 53.0 Å². The molecule has 0 radical (unpaired) electrons. The summed E-state index contributed by atoms with van der Waals surface area (Å²) in [5.41, 5.74) is 0.0386. The van der Waals surface area contributed by atoms with E-state index in [-0.39, 0.29) is 36.0 Å². The highest BCUT2D eigenvalue weighted by atomic mass is 127. The summed E-state index contributed by atoms with van der Waals surface area (Å²) in [5.74, 6) is 0.822. The Morgan fingerprint density at radius 2 is 2.04 bits per heavy atom. The van der Waals surface area contributed by atoms with Crippen molar-refractivity contribution in [2.45, 2.75) is 39.7 Å². The molecule has 0 amide bonds. The number of hydrogen-bond acceptors (Lipinski definition) is 4. The molecule has 2 atom stereocenters. The van der Waals surface area contributed by atoms with E-state index in [9.17, 15) is 5.11 Å². The van der Waals surface area contributed by atoms with E-state index in [4.69, 9.17) is 4.74 Å². The second kappa shape index (κ2) is 12.3. The Hall–Kier alpha value is -0.120. The number of halogens is 1. The Morgan fingerprint density at radius 3 is 2.52 bits per heavy atom. The summed E-state index contributed by atoms with van der Waals surface area (Å²) in [4.78, 5) is 6.71. The lowest BCUT2D eigenvalue weighted by Gasteiger charge is -2.29. The van der Waals surface area contributed by atoms with Gasteiger partial charge in [-0.1, -0.05) is 13.8 Å². The highest BCUT2D eigenvalue weighted by Gasteiger charge is 2.34. The molecule has 3 N–H and O–H groups in total. The molecule has 6 nitrogen and oxygen atoms in total. The smallest absolute Gasteiger partial charge is 0.191 e. The average Bonchev–Trinajstić information content (AvgIpc) is 2.98. The Kier molecular flexibility index (Phi) is 12.2. The van der Waals surface area contributed by atoms with Gasteiger partial charge < -0.3 is 20.5 Å². The Bertz CT molecular complexity index is 332. The van der Waals surface area contributed by atoms with Crippen LogP contribution in [0.15, 0.2) is 4.99 Å². The Morgan fingerprint density at radius 1 is 1.35 bits per heavy atom. The minimum Gasteiger partial charge on any atom is -0.396 e. The fourth-order valence-electron chi connectivity index (χ4n) is 3.02. The molecule has 0 aromatic heterocycles. The number of hydrogen-bond donors (Lipinski definition) is 3. The maximum Gasteiger partial charge on any atom is 0.191 e. The van der Waals surface area contributed by atoms with Crippen molar-refractivity contribution in [1.82, 2.24) is 15.5 Å². The minimum atomic E-state index is 0. The molecule has 0 aromatic carbocycles. The number of likely N-dealkylation sites (N-methyl/N-ethyl adjacent to an activating group) is 1. The first-order valence-corrected chi connectivity index (χ1v) is 8.48. The van der Waals surface area contributed by atoms with Gasteiger partial charge in [0.05, 0.1) is 6.61 Å². The first-order chi connectivity index (χ1) is 10.6. The predicted molar refractivity (Wildman–Crippen MR) is 107 cm³/mol. The third-order valence-electron chi connectivity index (χ3n) is 4.68. The van der Waals surface area contributed by atoms with E-state index in [2.05, 4.69) is 41.3 Å². The molecule has 0 saturated carbocycles. The SMILES string of the molecule is CCN(CC)C(C)CNC(=NC)NCC1(CCO)CCOC1.I. The van der Waals surface area contributed by atoms with E-state index in [1.54, 1.807) is 7.05 Å². The quantitative estimate of drug-likeness (QED) is 0.285. The van der Waals surface area contributed by atoms with Crippen molar-refractivity contribution in [3.8, 4) is 0 Å². The van der Waals surface area contributed by atoms with Gasteiger partial charge in [0.15, 0.2) is 5.96 Å². The lowest BCUT2D eigenvalue weighted by atomic mass is 9.84. The highest BCUT2D eigenvalue weighted by Crippen LogP contribution is 2.31. The van der Waals surface area contributed by atoms with Crippen molar-refractivity contribution < 1.29 is 9.84 Å². The van der Waals surface area contributed by atoms with Gasteiger partial charge in [-0.3, -0.25) is 9.89 Å². The van der Waals surface area contributed by atoms with Gasteiger partial charge in [-0.2, -0.15) is 0 Å². The van der Waals surface area contributed by atoms with Crippen LogP contribution in [0.2, 0.25) is 0 Å². The molecule has 0 aliphatic carbocycles. The maximum absolute atomic E-state index is 9.27. The van der Waals surface area contributed by atoms with Gasteiger partial charge in [-0.15, -0.1) is 24.0 Å². The Balaban J connectivity index is 0.00000484. The van der Waals surface area contributed by atoms with Gasteiger partial charge in [0.1, 0.15) is 0 Å². The van der Waals surface area contributed by atoms with Crippen molar-refractivity contribution in [1.29, 1.82) is 0 Å². The van der Waals surface area contributed by atoms with Crippen molar-refractivity contribution in [3.05, 3.63) is 0 Å². The van der Waals surface area contributed by atoms with Crippen molar-refractivity contribution >= 4 is 29.9 Å². The zero-order chi connectivity index (χ0) is 16.4. The normalized spacial score (nSPS) is 22.8. The molecule has 23 heavy (non-hydrogen) atoms. The van der Waals surface area contributed by atoms with E-state index in [1.165, 1.54) is 0 Å². The zero-order valence-corrected chi connectivity index (χ0v) is 17.4. The molecule has 138 valence electrons. The van der Waals surface area contributed by atoms with E-state index < -0.39 is 0 Å². The molecule has 1 saturated heterocycles. The molecular weight excluding hydrogens is 407 g/mol. The number of aliphatic hydroxyl groups excluding tert-OH is 1. The minimum absolute atomic E-state index is 0. The number of rotatable bonds is 9. The van der Waals surface area contributed by atoms with Crippen LogP contribution in [0.3, 0.4) is 0 Å². The summed E-state index contributed by atoms with van der Waals surface area (Å²) in [7, 11) is 1.79. The van der Waals surface area contributed by atoms with Crippen LogP contribution in [0.5, 0.6) is 0 Å². The number of nitrogens with one attached hydrogen (secondary N) is 2. The molecule has 0 aromatic rings. The van der Waals surface area contributed by atoms with Crippen LogP contribution >= 0.6 is 24.0 Å². The molecule has 0 bridgehead atoms. The number of aliphatic imine (C=N–C) groups is 1. The van der Waals surface area contributed by atoms with Crippen LogP contribution in [0.25, 0.3) is 0 Å².